The van der Waals surface area contributed by atoms with Gasteiger partial charge in [-0.05, 0) is 48.3 Å². The number of phenols is 1. The highest BCUT2D eigenvalue weighted by Crippen LogP contribution is 2.34. The molecule has 0 unspecified atom stereocenters. The van der Waals surface area contributed by atoms with Gasteiger partial charge >= 0.3 is 0 Å². The van der Waals surface area contributed by atoms with Crippen LogP contribution in [-0.4, -0.2) is 16.8 Å². The van der Waals surface area contributed by atoms with E-state index in [4.69, 9.17) is 5.11 Å². The molecule has 1 aromatic carbocycles. The third-order valence-electron chi connectivity index (χ3n) is 3.04. The Hall–Kier alpha value is -1.02. The molecule has 0 amide bonds. The van der Waals surface area contributed by atoms with Gasteiger partial charge in [0.05, 0.1) is 0 Å². The molecule has 2 heteroatoms. The summed E-state index contributed by atoms with van der Waals surface area (Å²) in [6, 6.07) is 4.14. The van der Waals surface area contributed by atoms with Crippen LogP contribution in [0.25, 0.3) is 0 Å². The molecule has 1 rings (SSSR count). The van der Waals surface area contributed by atoms with E-state index in [2.05, 4.69) is 26.8 Å². The summed E-state index contributed by atoms with van der Waals surface area (Å²) in [5.74, 6) is 0.420. The van der Waals surface area contributed by atoms with Crippen LogP contribution in [0.4, 0.5) is 0 Å². The van der Waals surface area contributed by atoms with Crippen molar-refractivity contribution in [3.63, 3.8) is 0 Å². The van der Waals surface area contributed by atoms with E-state index < -0.39 is 0 Å². The number of benzene rings is 1. The maximum Gasteiger partial charge on any atom is 0.122 e. The van der Waals surface area contributed by atoms with Gasteiger partial charge in [-0.25, -0.2) is 0 Å². The summed E-state index contributed by atoms with van der Waals surface area (Å²) >= 11 is 0. The van der Waals surface area contributed by atoms with Gasteiger partial charge in [0.25, 0.3) is 0 Å². The number of aromatic hydroxyl groups is 1. The molecule has 2 nitrogen and oxygen atoms in total. The average molecular weight is 236 g/mol. The number of aliphatic hydroxyl groups is 1. The van der Waals surface area contributed by atoms with Crippen molar-refractivity contribution in [3.8, 4) is 5.75 Å². The summed E-state index contributed by atoms with van der Waals surface area (Å²) in [6.45, 7) is 8.53. The van der Waals surface area contributed by atoms with Crippen LogP contribution in [-0.2, 0) is 11.8 Å². The van der Waals surface area contributed by atoms with Crippen LogP contribution < -0.4 is 0 Å². The molecule has 0 heterocycles. The standard InChI is InChI=1S/C15H24O2/c1-11-9-12(7-5-6-8-16)10-13(14(11)17)15(2,3)4/h9-10,16-17H,5-8H2,1-4H3. The summed E-state index contributed by atoms with van der Waals surface area (Å²) in [4.78, 5) is 0. The molecule has 0 saturated heterocycles. The number of phenolic OH excluding ortho intramolecular Hbond substituents is 1. The molecule has 0 fully saturated rings. The van der Waals surface area contributed by atoms with Crippen molar-refractivity contribution in [3.05, 3.63) is 28.8 Å². The van der Waals surface area contributed by atoms with Crippen molar-refractivity contribution in [1.29, 1.82) is 0 Å². The Morgan fingerprint density at radius 1 is 1.12 bits per heavy atom. The van der Waals surface area contributed by atoms with Crippen LogP contribution in [0.2, 0.25) is 0 Å². The molecule has 0 aliphatic rings. The maximum absolute atomic E-state index is 10.1. The van der Waals surface area contributed by atoms with Gasteiger partial charge in [-0.15, -0.1) is 0 Å². The van der Waals surface area contributed by atoms with E-state index in [1.165, 1.54) is 5.56 Å². The van der Waals surface area contributed by atoms with Gasteiger partial charge in [0, 0.05) is 6.61 Å². The van der Waals surface area contributed by atoms with Gasteiger partial charge in [0.2, 0.25) is 0 Å². The third-order valence-corrected chi connectivity index (χ3v) is 3.04. The van der Waals surface area contributed by atoms with Gasteiger partial charge in [0.1, 0.15) is 5.75 Å². The van der Waals surface area contributed by atoms with Crippen molar-refractivity contribution < 1.29 is 10.2 Å². The van der Waals surface area contributed by atoms with Gasteiger partial charge < -0.3 is 10.2 Å². The van der Waals surface area contributed by atoms with Gasteiger partial charge in [0.15, 0.2) is 0 Å². The van der Waals surface area contributed by atoms with E-state index >= 15 is 0 Å². The molecule has 0 aliphatic carbocycles. The lowest BCUT2D eigenvalue weighted by molar-refractivity contribution is 0.284. The van der Waals surface area contributed by atoms with Crippen LogP contribution in [0, 0.1) is 6.92 Å². The molecular formula is C15H24O2. The zero-order valence-corrected chi connectivity index (χ0v) is 11.4. The topological polar surface area (TPSA) is 40.5 Å². The van der Waals surface area contributed by atoms with E-state index in [0.29, 0.717) is 5.75 Å². The highest BCUT2D eigenvalue weighted by molar-refractivity contribution is 5.46. The predicted molar refractivity (Wildman–Crippen MR) is 71.6 cm³/mol. The first-order chi connectivity index (χ1) is 7.86. The molecule has 0 atom stereocenters. The number of aryl methyl sites for hydroxylation is 2. The summed E-state index contributed by atoms with van der Waals surface area (Å²) in [5.41, 5.74) is 3.16. The van der Waals surface area contributed by atoms with Crippen molar-refractivity contribution in [1.82, 2.24) is 0 Å². The molecular weight excluding hydrogens is 212 g/mol. The fourth-order valence-electron chi connectivity index (χ4n) is 2.01. The molecule has 0 bridgehead atoms. The van der Waals surface area contributed by atoms with Crippen molar-refractivity contribution in [2.24, 2.45) is 0 Å². The number of hydrogen-bond acceptors (Lipinski definition) is 2. The van der Waals surface area contributed by atoms with Crippen LogP contribution in [0.3, 0.4) is 0 Å². The fourth-order valence-corrected chi connectivity index (χ4v) is 2.01. The highest BCUT2D eigenvalue weighted by Gasteiger charge is 2.19. The minimum atomic E-state index is -0.0398. The third kappa shape index (κ3) is 3.74. The second-order valence-electron chi connectivity index (χ2n) is 5.74. The Balaban J connectivity index is 2.98. The smallest absolute Gasteiger partial charge is 0.122 e. The molecule has 1 aromatic rings. The predicted octanol–water partition coefficient (Wildman–Crippen LogP) is 3.31. The number of aliphatic hydroxyl groups excluding tert-OH is 1. The Bertz CT molecular complexity index is 375. The second kappa shape index (κ2) is 5.54. The number of unbranched alkanes of at least 4 members (excludes halogenated alkanes) is 1. The van der Waals surface area contributed by atoms with Crippen LogP contribution >= 0.6 is 0 Å². The molecule has 0 radical (unpaired) electrons. The van der Waals surface area contributed by atoms with E-state index in [0.717, 1.165) is 30.4 Å². The maximum atomic E-state index is 10.1. The monoisotopic (exact) mass is 236 g/mol. The molecule has 0 spiro atoms. The fraction of sp³-hybridized carbons (Fsp3) is 0.600. The lowest BCUT2D eigenvalue weighted by atomic mass is 9.83. The van der Waals surface area contributed by atoms with Gasteiger partial charge in [-0.2, -0.15) is 0 Å². The van der Waals surface area contributed by atoms with E-state index in [1.807, 2.05) is 13.0 Å². The summed E-state index contributed by atoms with van der Waals surface area (Å²) in [5, 5.41) is 18.9. The summed E-state index contributed by atoms with van der Waals surface area (Å²) in [7, 11) is 0. The first-order valence-corrected chi connectivity index (χ1v) is 6.30. The van der Waals surface area contributed by atoms with E-state index in [1.54, 1.807) is 0 Å². The molecule has 17 heavy (non-hydrogen) atoms. The minimum absolute atomic E-state index is 0.0398. The zero-order chi connectivity index (χ0) is 13.1. The van der Waals surface area contributed by atoms with Crippen LogP contribution in [0.1, 0.15) is 50.3 Å². The molecule has 0 saturated carbocycles. The lowest BCUT2D eigenvalue weighted by Crippen LogP contribution is -2.12. The first-order valence-electron chi connectivity index (χ1n) is 6.30. The molecule has 0 aliphatic heterocycles. The number of hydrogen-bond donors (Lipinski definition) is 2. The minimum Gasteiger partial charge on any atom is -0.507 e. The Kier molecular flexibility index (Phi) is 4.58. The molecule has 96 valence electrons. The van der Waals surface area contributed by atoms with Crippen molar-refractivity contribution in [2.75, 3.05) is 6.61 Å². The Labute approximate surface area is 104 Å². The lowest BCUT2D eigenvalue weighted by Gasteiger charge is -2.22. The number of rotatable bonds is 4. The van der Waals surface area contributed by atoms with Crippen LogP contribution in [0.5, 0.6) is 5.75 Å². The van der Waals surface area contributed by atoms with Crippen molar-refractivity contribution in [2.45, 2.75) is 52.4 Å². The average Bonchev–Trinajstić information content (AvgIpc) is 2.21. The Morgan fingerprint density at radius 2 is 1.76 bits per heavy atom. The van der Waals surface area contributed by atoms with E-state index in [9.17, 15) is 5.11 Å². The van der Waals surface area contributed by atoms with E-state index in [-0.39, 0.29) is 12.0 Å². The molecule has 0 aromatic heterocycles. The summed E-state index contributed by atoms with van der Waals surface area (Å²) < 4.78 is 0. The van der Waals surface area contributed by atoms with Crippen LogP contribution in [0.15, 0.2) is 12.1 Å². The highest BCUT2D eigenvalue weighted by atomic mass is 16.3. The summed E-state index contributed by atoms with van der Waals surface area (Å²) in [6.07, 6.45) is 2.79. The second-order valence-corrected chi connectivity index (χ2v) is 5.74. The molecule has 2 N–H and O–H groups in total. The van der Waals surface area contributed by atoms with Crippen molar-refractivity contribution >= 4 is 0 Å². The Morgan fingerprint density at radius 3 is 2.29 bits per heavy atom. The SMILES string of the molecule is Cc1cc(CCCCO)cc(C(C)(C)C)c1O. The largest absolute Gasteiger partial charge is 0.507 e. The zero-order valence-electron chi connectivity index (χ0n) is 11.4. The van der Waals surface area contributed by atoms with Gasteiger partial charge in [-0.1, -0.05) is 32.9 Å². The van der Waals surface area contributed by atoms with Gasteiger partial charge in [-0.3, -0.25) is 0 Å². The normalized spacial score (nSPS) is 11.8. The quantitative estimate of drug-likeness (QED) is 0.787. The first kappa shape index (κ1) is 14.0.